The van der Waals surface area contributed by atoms with Crippen molar-refractivity contribution >= 4 is 11.6 Å². The van der Waals surface area contributed by atoms with E-state index >= 15 is 0 Å². The van der Waals surface area contributed by atoms with Gasteiger partial charge in [0, 0.05) is 18.4 Å². The first-order valence-corrected chi connectivity index (χ1v) is 8.28. The van der Waals surface area contributed by atoms with Crippen molar-refractivity contribution in [2.24, 2.45) is 0 Å². The molecular formula is C18H25N3O2. The first-order valence-electron chi connectivity index (χ1n) is 8.28. The van der Waals surface area contributed by atoms with Crippen LogP contribution in [0.25, 0.3) is 0 Å². The van der Waals surface area contributed by atoms with Crippen LogP contribution in [0.2, 0.25) is 0 Å². The molecular weight excluding hydrogens is 290 g/mol. The number of amides is 1. The van der Waals surface area contributed by atoms with Gasteiger partial charge in [-0.05, 0) is 37.0 Å². The maximum absolute atomic E-state index is 12.5. The standard InChI is InChI=1S/C18H25N3O2/c1-4-11-21-13-16(18(20-21)23-12-5-2)17(22)19-15-9-7-14(6-3)8-10-15/h7-10,13H,4-6,11-12H2,1-3H3,(H,19,22). The zero-order valence-corrected chi connectivity index (χ0v) is 14.1. The molecule has 124 valence electrons. The first kappa shape index (κ1) is 17.1. The van der Waals surface area contributed by atoms with Crippen molar-refractivity contribution in [1.29, 1.82) is 0 Å². The lowest BCUT2D eigenvalue weighted by molar-refractivity contribution is 0.102. The van der Waals surface area contributed by atoms with E-state index in [1.165, 1.54) is 5.56 Å². The Morgan fingerprint density at radius 1 is 1.17 bits per heavy atom. The van der Waals surface area contributed by atoms with E-state index in [9.17, 15) is 4.79 Å². The number of aryl methyl sites for hydroxylation is 2. The number of nitrogens with zero attached hydrogens (tertiary/aromatic N) is 2. The SMILES string of the molecule is CCCOc1nn(CCC)cc1C(=O)Nc1ccc(CC)cc1. The highest BCUT2D eigenvalue weighted by molar-refractivity contribution is 6.05. The van der Waals surface area contributed by atoms with E-state index < -0.39 is 0 Å². The lowest BCUT2D eigenvalue weighted by atomic mass is 10.1. The maximum Gasteiger partial charge on any atom is 0.262 e. The zero-order valence-electron chi connectivity index (χ0n) is 14.1. The molecule has 1 heterocycles. The molecule has 0 spiro atoms. The molecule has 1 amide bonds. The molecule has 23 heavy (non-hydrogen) atoms. The first-order chi connectivity index (χ1) is 11.2. The molecule has 5 heteroatoms. The van der Waals surface area contributed by atoms with E-state index in [2.05, 4.69) is 24.3 Å². The Bertz CT molecular complexity index is 632. The number of aromatic nitrogens is 2. The minimum atomic E-state index is -0.192. The summed E-state index contributed by atoms with van der Waals surface area (Å²) in [4.78, 5) is 12.5. The van der Waals surface area contributed by atoms with Gasteiger partial charge in [-0.25, -0.2) is 0 Å². The van der Waals surface area contributed by atoms with E-state index in [1.807, 2.05) is 31.2 Å². The molecule has 0 radical (unpaired) electrons. The molecule has 0 bridgehead atoms. The van der Waals surface area contributed by atoms with Gasteiger partial charge in [0.05, 0.1) is 6.61 Å². The maximum atomic E-state index is 12.5. The second kappa shape index (κ2) is 8.36. The summed E-state index contributed by atoms with van der Waals surface area (Å²) < 4.78 is 7.38. The van der Waals surface area contributed by atoms with E-state index in [4.69, 9.17) is 4.74 Å². The van der Waals surface area contributed by atoms with Crippen LogP contribution in [0.5, 0.6) is 5.88 Å². The fourth-order valence-electron chi connectivity index (χ4n) is 2.23. The topological polar surface area (TPSA) is 56.2 Å². The quantitative estimate of drug-likeness (QED) is 0.804. The molecule has 2 rings (SSSR count). The molecule has 0 saturated carbocycles. The number of hydrogen-bond acceptors (Lipinski definition) is 3. The minimum Gasteiger partial charge on any atom is -0.476 e. The molecule has 0 unspecified atom stereocenters. The summed E-state index contributed by atoms with van der Waals surface area (Å²) >= 11 is 0. The van der Waals surface area contributed by atoms with Gasteiger partial charge in [0.1, 0.15) is 5.56 Å². The molecule has 2 aromatic rings. The Morgan fingerprint density at radius 3 is 2.52 bits per heavy atom. The fourth-order valence-corrected chi connectivity index (χ4v) is 2.23. The lowest BCUT2D eigenvalue weighted by Gasteiger charge is -2.06. The third kappa shape index (κ3) is 4.58. The number of anilines is 1. The third-order valence-electron chi connectivity index (χ3n) is 3.49. The van der Waals surface area contributed by atoms with E-state index in [0.29, 0.717) is 18.1 Å². The summed E-state index contributed by atoms with van der Waals surface area (Å²) in [5.41, 5.74) is 2.49. The lowest BCUT2D eigenvalue weighted by Crippen LogP contribution is -2.13. The molecule has 0 aliphatic heterocycles. The van der Waals surface area contributed by atoms with Gasteiger partial charge in [-0.2, -0.15) is 0 Å². The van der Waals surface area contributed by atoms with Crippen LogP contribution in [-0.4, -0.2) is 22.3 Å². The summed E-state index contributed by atoms with van der Waals surface area (Å²) in [5.74, 6) is 0.214. The van der Waals surface area contributed by atoms with E-state index in [1.54, 1.807) is 10.9 Å². The van der Waals surface area contributed by atoms with E-state index in [-0.39, 0.29) is 5.91 Å². The van der Waals surface area contributed by atoms with Gasteiger partial charge in [0.2, 0.25) is 5.88 Å². The van der Waals surface area contributed by atoms with Crippen molar-refractivity contribution in [2.45, 2.75) is 46.6 Å². The second-order valence-electron chi connectivity index (χ2n) is 5.46. The van der Waals surface area contributed by atoms with Crippen molar-refractivity contribution in [3.63, 3.8) is 0 Å². The molecule has 0 atom stereocenters. The normalized spacial score (nSPS) is 10.6. The predicted molar refractivity (Wildman–Crippen MR) is 92.1 cm³/mol. The number of nitrogens with one attached hydrogen (secondary N) is 1. The van der Waals surface area contributed by atoms with Crippen LogP contribution in [0.1, 0.15) is 49.5 Å². The van der Waals surface area contributed by atoms with Crippen LogP contribution in [0, 0.1) is 0 Å². The number of carbonyl (C=O) groups is 1. The van der Waals surface area contributed by atoms with Gasteiger partial charge in [0.15, 0.2) is 0 Å². The minimum absolute atomic E-state index is 0.192. The number of hydrogen-bond donors (Lipinski definition) is 1. The van der Waals surface area contributed by atoms with Crippen LogP contribution in [-0.2, 0) is 13.0 Å². The Hall–Kier alpha value is -2.30. The Kier molecular flexibility index (Phi) is 6.20. The third-order valence-corrected chi connectivity index (χ3v) is 3.49. The van der Waals surface area contributed by atoms with Crippen LogP contribution in [0.3, 0.4) is 0 Å². The molecule has 1 aromatic carbocycles. The van der Waals surface area contributed by atoms with Gasteiger partial charge in [-0.1, -0.05) is 32.9 Å². The van der Waals surface area contributed by atoms with Crippen LogP contribution in [0.4, 0.5) is 5.69 Å². The number of ether oxygens (including phenoxy) is 1. The highest BCUT2D eigenvalue weighted by atomic mass is 16.5. The molecule has 0 aliphatic rings. The second-order valence-corrected chi connectivity index (χ2v) is 5.46. The van der Waals surface area contributed by atoms with E-state index in [0.717, 1.165) is 31.5 Å². The Labute approximate surface area is 137 Å². The molecule has 1 aromatic heterocycles. The smallest absolute Gasteiger partial charge is 0.262 e. The summed E-state index contributed by atoms with van der Waals surface area (Å²) in [6.07, 6.45) is 4.56. The number of rotatable bonds is 8. The summed E-state index contributed by atoms with van der Waals surface area (Å²) in [7, 11) is 0. The van der Waals surface area contributed by atoms with Gasteiger partial charge < -0.3 is 10.1 Å². The van der Waals surface area contributed by atoms with Crippen molar-refractivity contribution in [1.82, 2.24) is 9.78 Å². The summed E-state index contributed by atoms with van der Waals surface area (Å²) in [6.45, 7) is 7.52. The van der Waals surface area contributed by atoms with Gasteiger partial charge in [-0.3, -0.25) is 9.48 Å². The molecule has 0 aliphatic carbocycles. The van der Waals surface area contributed by atoms with Crippen molar-refractivity contribution in [3.8, 4) is 5.88 Å². The zero-order chi connectivity index (χ0) is 16.7. The van der Waals surface area contributed by atoms with Crippen molar-refractivity contribution in [2.75, 3.05) is 11.9 Å². The number of carbonyl (C=O) groups excluding carboxylic acids is 1. The monoisotopic (exact) mass is 315 g/mol. The van der Waals surface area contributed by atoms with Gasteiger partial charge >= 0.3 is 0 Å². The average molecular weight is 315 g/mol. The Balaban J connectivity index is 2.15. The molecule has 1 N–H and O–H groups in total. The molecule has 5 nitrogen and oxygen atoms in total. The number of benzene rings is 1. The van der Waals surface area contributed by atoms with Crippen LogP contribution in [0.15, 0.2) is 30.5 Å². The van der Waals surface area contributed by atoms with Crippen LogP contribution >= 0.6 is 0 Å². The summed E-state index contributed by atoms with van der Waals surface area (Å²) in [5, 5.41) is 7.27. The van der Waals surface area contributed by atoms with Crippen molar-refractivity contribution in [3.05, 3.63) is 41.6 Å². The fraction of sp³-hybridized carbons (Fsp3) is 0.444. The molecule has 0 saturated heterocycles. The highest BCUT2D eigenvalue weighted by Crippen LogP contribution is 2.19. The predicted octanol–water partition coefficient (Wildman–Crippen LogP) is 3.90. The van der Waals surface area contributed by atoms with Crippen LogP contribution < -0.4 is 10.1 Å². The van der Waals surface area contributed by atoms with Gasteiger partial charge in [-0.15, -0.1) is 5.10 Å². The van der Waals surface area contributed by atoms with Crippen molar-refractivity contribution < 1.29 is 9.53 Å². The largest absolute Gasteiger partial charge is 0.476 e. The Morgan fingerprint density at radius 2 is 1.91 bits per heavy atom. The molecule has 0 fully saturated rings. The average Bonchev–Trinajstić information content (AvgIpc) is 2.97. The highest BCUT2D eigenvalue weighted by Gasteiger charge is 2.18. The summed E-state index contributed by atoms with van der Waals surface area (Å²) in [6, 6.07) is 7.87. The van der Waals surface area contributed by atoms with Gasteiger partial charge in [0.25, 0.3) is 5.91 Å².